The number of hydrogen-bond acceptors (Lipinski definition) is 3. The number of hydrogen-bond donors (Lipinski definition) is 1. The first-order chi connectivity index (χ1) is 10.2. The van der Waals surface area contributed by atoms with Crippen molar-refractivity contribution in [3.8, 4) is 0 Å². The Morgan fingerprint density at radius 2 is 1.76 bits per heavy atom. The predicted octanol–water partition coefficient (Wildman–Crippen LogP) is 3.40. The molecule has 0 amide bonds. The first-order valence-electron chi connectivity index (χ1n) is 8.11. The molecule has 1 rings (SSSR count). The van der Waals surface area contributed by atoms with E-state index in [1.807, 2.05) is 6.07 Å². The molecule has 0 radical (unpaired) electrons. The SMILES string of the molecule is CCN(CC)CCCN(CC)c1cc(Cl)ccc1CCN. The Morgan fingerprint density at radius 3 is 2.33 bits per heavy atom. The zero-order valence-corrected chi connectivity index (χ0v) is 14.5. The summed E-state index contributed by atoms with van der Waals surface area (Å²) in [5.41, 5.74) is 8.27. The highest BCUT2D eigenvalue weighted by atomic mass is 35.5. The lowest BCUT2D eigenvalue weighted by Gasteiger charge is -2.27. The summed E-state index contributed by atoms with van der Waals surface area (Å²) in [5.74, 6) is 0. The minimum atomic E-state index is 0.672. The Balaban J connectivity index is 2.72. The van der Waals surface area contributed by atoms with Gasteiger partial charge in [0, 0.05) is 23.8 Å². The molecule has 3 nitrogen and oxygen atoms in total. The quantitative estimate of drug-likeness (QED) is 0.719. The van der Waals surface area contributed by atoms with Crippen LogP contribution in [0.3, 0.4) is 0 Å². The van der Waals surface area contributed by atoms with Gasteiger partial charge >= 0.3 is 0 Å². The molecule has 0 heterocycles. The largest absolute Gasteiger partial charge is 0.371 e. The third-order valence-electron chi connectivity index (χ3n) is 3.98. The van der Waals surface area contributed by atoms with Crippen molar-refractivity contribution in [2.24, 2.45) is 5.73 Å². The van der Waals surface area contributed by atoms with Crippen LogP contribution in [0, 0.1) is 0 Å². The predicted molar refractivity (Wildman–Crippen MR) is 94.5 cm³/mol. The normalized spacial score (nSPS) is 11.1. The van der Waals surface area contributed by atoms with Crippen LogP contribution in [0.15, 0.2) is 18.2 Å². The van der Waals surface area contributed by atoms with Crippen LogP contribution in [-0.4, -0.2) is 44.2 Å². The van der Waals surface area contributed by atoms with Crippen LogP contribution >= 0.6 is 11.6 Å². The second-order valence-corrected chi connectivity index (χ2v) is 5.71. The molecule has 1 aromatic carbocycles. The highest BCUT2D eigenvalue weighted by Gasteiger charge is 2.11. The number of benzene rings is 1. The molecule has 0 aliphatic heterocycles. The fourth-order valence-electron chi connectivity index (χ4n) is 2.67. The first kappa shape index (κ1) is 18.3. The van der Waals surface area contributed by atoms with Crippen LogP contribution in [0.2, 0.25) is 5.02 Å². The van der Waals surface area contributed by atoms with E-state index >= 15 is 0 Å². The molecule has 0 saturated carbocycles. The van der Waals surface area contributed by atoms with Gasteiger partial charge in [-0.2, -0.15) is 0 Å². The van der Waals surface area contributed by atoms with Crippen molar-refractivity contribution < 1.29 is 0 Å². The summed E-state index contributed by atoms with van der Waals surface area (Å²) >= 11 is 6.18. The maximum Gasteiger partial charge on any atom is 0.0426 e. The second-order valence-electron chi connectivity index (χ2n) is 5.27. The van der Waals surface area contributed by atoms with E-state index < -0.39 is 0 Å². The fraction of sp³-hybridized carbons (Fsp3) is 0.647. The molecule has 0 aliphatic carbocycles. The summed E-state index contributed by atoms with van der Waals surface area (Å²) in [6.07, 6.45) is 2.07. The molecule has 21 heavy (non-hydrogen) atoms. The zero-order valence-electron chi connectivity index (χ0n) is 13.7. The van der Waals surface area contributed by atoms with Gasteiger partial charge in [-0.05, 0) is 63.6 Å². The van der Waals surface area contributed by atoms with Gasteiger partial charge in [-0.15, -0.1) is 0 Å². The van der Waals surface area contributed by atoms with Gasteiger partial charge in [-0.1, -0.05) is 31.5 Å². The molecule has 1 aromatic rings. The average molecular weight is 312 g/mol. The Labute approximate surface area is 135 Å². The van der Waals surface area contributed by atoms with E-state index in [-0.39, 0.29) is 0 Å². The lowest BCUT2D eigenvalue weighted by molar-refractivity contribution is 0.300. The highest BCUT2D eigenvalue weighted by Crippen LogP contribution is 2.25. The fourth-order valence-corrected chi connectivity index (χ4v) is 2.84. The average Bonchev–Trinajstić information content (AvgIpc) is 2.50. The van der Waals surface area contributed by atoms with Crippen molar-refractivity contribution in [2.45, 2.75) is 33.6 Å². The summed E-state index contributed by atoms with van der Waals surface area (Å²) in [4.78, 5) is 4.88. The smallest absolute Gasteiger partial charge is 0.0426 e. The third-order valence-corrected chi connectivity index (χ3v) is 4.22. The lowest BCUT2D eigenvalue weighted by Crippen LogP contribution is -2.30. The van der Waals surface area contributed by atoms with E-state index in [4.69, 9.17) is 17.3 Å². The summed E-state index contributed by atoms with van der Waals surface area (Å²) in [6.45, 7) is 12.8. The van der Waals surface area contributed by atoms with Gasteiger partial charge in [0.15, 0.2) is 0 Å². The molecule has 0 spiro atoms. The Bertz CT molecular complexity index is 405. The molecule has 120 valence electrons. The maximum atomic E-state index is 6.18. The van der Waals surface area contributed by atoms with Crippen molar-refractivity contribution in [3.63, 3.8) is 0 Å². The van der Waals surface area contributed by atoms with Gasteiger partial charge in [-0.3, -0.25) is 0 Å². The van der Waals surface area contributed by atoms with Crippen molar-refractivity contribution in [3.05, 3.63) is 28.8 Å². The third kappa shape index (κ3) is 5.85. The lowest BCUT2D eigenvalue weighted by atomic mass is 10.1. The minimum Gasteiger partial charge on any atom is -0.371 e. The summed E-state index contributed by atoms with van der Waals surface area (Å²) in [6, 6.07) is 6.14. The molecule has 0 bridgehead atoms. The van der Waals surface area contributed by atoms with Gasteiger partial charge in [-0.25, -0.2) is 0 Å². The van der Waals surface area contributed by atoms with Crippen LogP contribution in [0.5, 0.6) is 0 Å². The molecule has 2 N–H and O–H groups in total. The topological polar surface area (TPSA) is 32.5 Å². The molecule has 0 unspecified atom stereocenters. The minimum absolute atomic E-state index is 0.672. The van der Waals surface area contributed by atoms with Gasteiger partial charge in [0.05, 0.1) is 0 Å². The van der Waals surface area contributed by atoms with E-state index in [0.29, 0.717) is 6.54 Å². The van der Waals surface area contributed by atoms with Crippen LogP contribution in [0.25, 0.3) is 0 Å². The molecule has 4 heteroatoms. The van der Waals surface area contributed by atoms with Crippen molar-refractivity contribution >= 4 is 17.3 Å². The number of anilines is 1. The summed E-state index contributed by atoms with van der Waals surface area (Å²) < 4.78 is 0. The highest BCUT2D eigenvalue weighted by molar-refractivity contribution is 6.30. The molecular weight excluding hydrogens is 282 g/mol. The Hall–Kier alpha value is -0.770. The van der Waals surface area contributed by atoms with Crippen LogP contribution in [-0.2, 0) is 6.42 Å². The van der Waals surface area contributed by atoms with Crippen molar-refractivity contribution in [1.82, 2.24) is 4.90 Å². The van der Waals surface area contributed by atoms with Crippen molar-refractivity contribution in [2.75, 3.05) is 44.2 Å². The van der Waals surface area contributed by atoms with Crippen LogP contribution in [0.1, 0.15) is 32.8 Å². The molecule has 0 atom stereocenters. The van der Waals surface area contributed by atoms with Crippen molar-refractivity contribution in [1.29, 1.82) is 0 Å². The standard InChI is InChI=1S/C17H30ClN3/c1-4-20(5-2)12-7-13-21(6-3)17-14-16(18)9-8-15(17)10-11-19/h8-9,14H,4-7,10-13,19H2,1-3H3. The van der Waals surface area contributed by atoms with E-state index in [9.17, 15) is 0 Å². The second kappa shape index (κ2) is 10.0. The van der Waals surface area contributed by atoms with E-state index in [1.165, 1.54) is 17.7 Å². The molecule has 0 aromatic heterocycles. The van der Waals surface area contributed by atoms with Crippen LogP contribution in [0.4, 0.5) is 5.69 Å². The van der Waals surface area contributed by atoms with E-state index in [0.717, 1.165) is 44.2 Å². The van der Waals surface area contributed by atoms with Gasteiger partial charge in [0.1, 0.15) is 0 Å². The summed E-state index contributed by atoms with van der Waals surface area (Å²) in [7, 11) is 0. The van der Waals surface area contributed by atoms with Gasteiger partial charge in [0.2, 0.25) is 0 Å². The van der Waals surface area contributed by atoms with Crippen LogP contribution < -0.4 is 10.6 Å². The molecule has 0 fully saturated rings. The summed E-state index contributed by atoms with van der Waals surface area (Å²) in [5, 5.41) is 0.799. The number of nitrogens with zero attached hydrogens (tertiary/aromatic N) is 2. The van der Waals surface area contributed by atoms with E-state index in [2.05, 4.69) is 42.7 Å². The number of nitrogens with two attached hydrogens (primary N) is 1. The Morgan fingerprint density at radius 1 is 1.05 bits per heavy atom. The molecule has 0 saturated heterocycles. The zero-order chi connectivity index (χ0) is 15.7. The maximum absolute atomic E-state index is 6.18. The number of rotatable bonds is 10. The van der Waals surface area contributed by atoms with E-state index in [1.54, 1.807) is 0 Å². The monoisotopic (exact) mass is 311 g/mol. The first-order valence-corrected chi connectivity index (χ1v) is 8.49. The van der Waals surface area contributed by atoms with Gasteiger partial charge in [0.25, 0.3) is 0 Å². The number of halogens is 1. The van der Waals surface area contributed by atoms with Gasteiger partial charge < -0.3 is 15.5 Å². The Kier molecular flexibility index (Phi) is 8.74. The molecule has 0 aliphatic rings. The molecular formula is C17H30ClN3.